The molecule has 0 bridgehead atoms. The molecule has 3 nitrogen and oxygen atoms in total. The van der Waals surface area contributed by atoms with E-state index in [0.717, 1.165) is 36.0 Å². The largest absolute Gasteiger partial charge is 0.466 e. The number of rotatable bonds is 5. The van der Waals surface area contributed by atoms with Gasteiger partial charge in [-0.3, -0.25) is 0 Å². The van der Waals surface area contributed by atoms with Crippen LogP contribution in [0, 0.1) is 13.8 Å². The van der Waals surface area contributed by atoms with Crippen molar-refractivity contribution in [2.45, 2.75) is 46.7 Å². The molecule has 0 amide bonds. The topological polar surface area (TPSA) is 38.3 Å². The molecule has 0 radical (unpaired) electrons. The van der Waals surface area contributed by atoms with Gasteiger partial charge >= 0.3 is 0 Å². The summed E-state index contributed by atoms with van der Waals surface area (Å²) in [6.45, 7) is 8.95. The Morgan fingerprint density at radius 3 is 2.44 bits per heavy atom. The summed E-state index contributed by atoms with van der Waals surface area (Å²) in [5, 5.41) is 3.45. The average molecular weight is 247 g/mol. The molecule has 0 aliphatic carbocycles. The molecule has 0 saturated carbocycles. The van der Waals surface area contributed by atoms with Gasteiger partial charge in [0.2, 0.25) is 0 Å². The third kappa shape index (κ3) is 2.85. The number of aryl methyl sites for hydroxylation is 3. The van der Waals surface area contributed by atoms with Gasteiger partial charge in [0.15, 0.2) is 0 Å². The van der Waals surface area contributed by atoms with Crippen molar-refractivity contribution in [3.05, 3.63) is 46.8 Å². The summed E-state index contributed by atoms with van der Waals surface area (Å²) in [6.07, 6.45) is 0.940. The Labute approximate surface area is 108 Å². The molecule has 98 valence electrons. The molecule has 2 heterocycles. The fourth-order valence-electron chi connectivity index (χ4n) is 2.15. The van der Waals surface area contributed by atoms with E-state index in [1.54, 1.807) is 0 Å². The lowest BCUT2D eigenvalue weighted by Gasteiger charge is -2.11. The van der Waals surface area contributed by atoms with Crippen LogP contribution < -0.4 is 5.32 Å². The van der Waals surface area contributed by atoms with E-state index in [2.05, 4.69) is 25.2 Å². The van der Waals surface area contributed by atoms with Crippen LogP contribution in [0.25, 0.3) is 0 Å². The van der Waals surface area contributed by atoms with Crippen LogP contribution in [-0.4, -0.2) is 0 Å². The van der Waals surface area contributed by atoms with Crippen molar-refractivity contribution < 1.29 is 8.83 Å². The minimum Gasteiger partial charge on any atom is -0.466 e. The third-order valence-electron chi connectivity index (χ3n) is 3.19. The summed E-state index contributed by atoms with van der Waals surface area (Å²) in [7, 11) is 0. The fourth-order valence-corrected chi connectivity index (χ4v) is 2.15. The quantitative estimate of drug-likeness (QED) is 0.870. The number of nitrogens with one attached hydrogen (secondary N) is 1. The maximum absolute atomic E-state index is 5.67. The molecule has 1 unspecified atom stereocenters. The van der Waals surface area contributed by atoms with Crippen LogP contribution in [-0.2, 0) is 13.0 Å². The second-order valence-corrected chi connectivity index (χ2v) is 4.69. The van der Waals surface area contributed by atoms with Gasteiger partial charge in [-0.05, 0) is 39.0 Å². The molecular weight excluding hydrogens is 226 g/mol. The van der Waals surface area contributed by atoms with Crippen LogP contribution in [0.5, 0.6) is 0 Å². The molecule has 0 fully saturated rings. The van der Waals surface area contributed by atoms with E-state index in [4.69, 9.17) is 8.83 Å². The second-order valence-electron chi connectivity index (χ2n) is 4.69. The Balaban J connectivity index is 1.95. The summed E-state index contributed by atoms with van der Waals surface area (Å²) in [5.74, 6) is 3.97. The van der Waals surface area contributed by atoms with Crippen molar-refractivity contribution in [2.75, 3.05) is 0 Å². The van der Waals surface area contributed by atoms with E-state index in [9.17, 15) is 0 Å². The van der Waals surface area contributed by atoms with Crippen molar-refractivity contribution in [1.29, 1.82) is 0 Å². The molecule has 0 aliphatic heterocycles. The lowest BCUT2D eigenvalue weighted by Crippen LogP contribution is -2.17. The van der Waals surface area contributed by atoms with Gasteiger partial charge in [-0.1, -0.05) is 6.92 Å². The average Bonchev–Trinajstić information content (AvgIpc) is 2.92. The van der Waals surface area contributed by atoms with E-state index in [0.29, 0.717) is 0 Å². The monoisotopic (exact) mass is 247 g/mol. The number of hydrogen-bond donors (Lipinski definition) is 1. The minimum absolute atomic E-state index is 0.262. The van der Waals surface area contributed by atoms with Crippen LogP contribution in [0.1, 0.15) is 48.5 Å². The smallest absolute Gasteiger partial charge is 0.117 e. The molecule has 0 saturated heterocycles. The first-order valence-corrected chi connectivity index (χ1v) is 6.48. The second kappa shape index (κ2) is 5.44. The summed E-state index contributed by atoms with van der Waals surface area (Å²) < 4.78 is 11.2. The molecule has 1 atom stereocenters. The van der Waals surface area contributed by atoms with Crippen molar-refractivity contribution in [2.24, 2.45) is 0 Å². The Kier molecular flexibility index (Phi) is 3.92. The van der Waals surface area contributed by atoms with E-state index in [1.807, 2.05) is 26.0 Å². The molecule has 3 heteroatoms. The van der Waals surface area contributed by atoms with Crippen LogP contribution in [0.3, 0.4) is 0 Å². The maximum atomic E-state index is 5.67. The van der Waals surface area contributed by atoms with Crippen LogP contribution in [0.15, 0.2) is 27.0 Å². The van der Waals surface area contributed by atoms with E-state index >= 15 is 0 Å². The minimum atomic E-state index is 0.262. The molecular formula is C15H21NO2. The Hall–Kier alpha value is -1.48. The molecule has 1 N–H and O–H groups in total. The predicted octanol–water partition coefficient (Wildman–Crippen LogP) is 3.90. The molecule has 0 spiro atoms. The van der Waals surface area contributed by atoms with Gasteiger partial charge in [0.25, 0.3) is 0 Å². The Morgan fingerprint density at radius 1 is 1.17 bits per heavy atom. The standard InChI is InChI=1S/C15H21NO2/c1-5-13-6-7-14(18-13)9-16-11(3)15-8-10(2)17-12(15)4/h6-8,11,16H,5,9H2,1-4H3. The summed E-state index contributed by atoms with van der Waals surface area (Å²) in [4.78, 5) is 0. The lowest BCUT2D eigenvalue weighted by molar-refractivity contribution is 0.431. The zero-order valence-electron chi connectivity index (χ0n) is 11.5. The van der Waals surface area contributed by atoms with Gasteiger partial charge in [0.1, 0.15) is 23.0 Å². The highest BCUT2D eigenvalue weighted by molar-refractivity contribution is 5.23. The number of furan rings is 2. The summed E-state index contributed by atoms with van der Waals surface area (Å²) in [6, 6.07) is 6.42. The molecule has 2 aromatic rings. The van der Waals surface area contributed by atoms with E-state index in [-0.39, 0.29) is 6.04 Å². The van der Waals surface area contributed by atoms with Gasteiger partial charge in [0.05, 0.1) is 6.54 Å². The number of hydrogen-bond acceptors (Lipinski definition) is 3. The zero-order valence-corrected chi connectivity index (χ0v) is 11.5. The van der Waals surface area contributed by atoms with E-state index in [1.165, 1.54) is 5.56 Å². The normalized spacial score (nSPS) is 12.9. The SMILES string of the molecule is CCc1ccc(CNC(C)c2cc(C)oc2C)o1. The van der Waals surface area contributed by atoms with Gasteiger partial charge < -0.3 is 14.2 Å². The third-order valence-corrected chi connectivity index (χ3v) is 3.19. The first-order valence-electron chi connectivity index (χ1n) is 6.48. The molecule has 2 rings (SSSR count). The highest BCUT2D eigenvalue weighted by Crippen LogP contribution is 2.21. The summed E-state index contributed by atoms with van der Waals surface area (Å²) >= 11 is 0. The van der Waals surface area contributed by atoms with Crippen molar-refractivity contribution in [3.63, 3.8) is 0 Å². The van der Waals surface area contributed by atoms with Crippen molar-refractivity contribution in [3.8, 4) is 0 Å². The van der Waals surface area contributed by atoms with E-state index < -0.39 is 0 Å². The molecule has 2 aromatic heterocycles. The molecule has 0 aliphatic rings. The van der Waals surface area contributed by atoms with Crippen LogP contribution in [0.4, 0.5) is 0 Å². The summed E-state index contributed by atoms with van der Waals surface area (Å²) in [5.41, 5.74) is 1.22. The van der Waals surface area contributed by atoms with Crippen LogP contribution in [0.2, 0.25) is 0 Å². The lowest BCUT2D eigenvalue weighted by atomic mass is 10.1. The van der Waals surface area contributed by atoms with Crippen LogP contribution >= 0.6 is 0 Å². The first kappa shape index (κ1) is 13.0. The Bertz CT molecular complexity index is 510. The van der Waals surface area contributed by atoms with Crippen molar-refractivity contribution >= 4 is 0 Å². The molecule has 0 aromatic carbocycles. The van der Waals surface area contributed by atoms with Gasteiger partial charge in [0, 0.05) is 18.0 Å². The Morgan fingerprint density at radius 2 is 1.89 bits per heavy atom. The maximum Gasteiger partial charge on any atom is 0.117 e. The molecule has 18 heavy (non-hydrogen) atoms. The highest BCUT2D eigenvalue weighted by atomic mass is 16.3. The van der Waals surface area contributed by atoms with Gasteiger partial charge in [-0.2, -0.15) is 0 Å². The van der Waals surface area contributed by atoms with Crippen molar-refractivity contribution in [1.82, 2.24) is 5.32 Å². The zero-order chi connectivity index (χ0) is 13.1. The van der Waals surface area contributed by atoms with Gasteiger partial charge in [-0.15, -0.1) is 0 Å². The van der Waals surface area contributed by atoms with Gasteiger partial charge in [-0.25, -0.2) is 0 Å². The predicted molar refractivity (Wildman–Crippen MR) is 71.5 cm³/mol. The fraction of sp³-hybridized carbons (Fsp3) is 0.467. The first-order chi connectivity index (χ1) is 8.60. The highest BCUT2D eigenvalue weighted by Gasteiger charge is 2.12.